The summed E-state index contributed by atoms with van der Waals surface area (Å²) >= 11 is 0. The van der Waals surface area contributed by atoms with Crippen LogP contribution in [0.15, 0.2) is 42.5 Å². The maximum Gasteiger partial charge on any atom is 0.162 e. The zero-order valence-electron chi connectivity index (χ0n) is 10.6. The van der Waals surface area contributed by atoms with E-state index in [0.29, 0.717) is 29.4 Å². The van der Waals surface area contributed by atoms with Crippen LogP contribution in [0.25, 0.3) is 0 Å². The normalized spacial score (nSPS) is 9.68. The highest BCUT2D eigenvalue weighted by atomic mass is 16.5. The molecule has 19 heavy (non-hydrogen) atoms. The maximum atomic E-state index is 8.83. The van der Waals surface area contributed by atoms with Gasteiger partial charge in [-0.05, 0) is 29.8 Å². The minimum atomic E-state index is 0.396. The Labute approximate surface area is 112 Å². The van der Waals surface area contributed by atoms with Crippen molar-refractivity contribution in [3.8, 4) is 17.6 Å². The van der Waals surface area contributed by atoms with E-state index < -0.39 is 0 Å². The van der Waals surface area contributed by atoms with E-state index in [4.69, 9.17) is 20.5 Å². The van der Waals surface area contributed by atoms with Gasteiger partial charge >= 0.3 is 0 Å². The molecule has 0 heterocycles. The lowest BCUT2D eigenvalue weighted by molar-refractivity contribution is 0.284. The summed E-state index contributed by atoms with van der Waals surface area (Å²) in [6, 6.07) is 14.6. The third-order valence-corrected chi connectivity index (χ3v) is 2.64. The summed E-state index contributed by atoms with van der Waals surface area (Å²) in [5.41, 5.74) is 7.92. The van der Waals surface area contributed by atoms with Crippen molar-refractivity contribution >= 4 is 5.69 Å². The Hall–Kier alpha value is -2.67. The molecule has 0 unspecified atom stereocenters. The van der Waals surface area contributed by atoms with Gasteiger partial charge in [0.2, 0.25) is 0 Å². The van der Waals surface area contributed by atoms with Gasteiger partial charge in [0.1, 0.15) is 6.61 Å². The SMILES string of the molecule is COc1cc(C#N)ccc1OCc1cccc(N)c1. The number of ether oxygens (including phenoxy) is 2. The van der Waals surface area contributed by atoms with Crippen molar-refractivity contribution in [1.29, 1.82) is 5.26 Å². The standard InChI is InChI=1S/C15H14N2O2/c1-18-15-8-11(9-16)5-6-14(15)19-10-12-3-2-4-13(17)7-12/h2-8H,10,17H2,1H3. The number of anilines is 1. The number of methoxy groups -OCH3 is 1. The summed E-state index contributed by atoms with van der Waals surface area (Å²) in [5, 5.41) is 8.83. The Morgan fingerprint density at radius 2 is 2.00 bits per heavy atom. The average molecular weight is 254 g/mol. The Morgan fingerprint density at radius 3 is 2.68 bits per heavy atom. The summed E-state index contributed by atoms with van der Waals surface area (Å²) < 4.78 is 10.9. The van der Waals surface area contributed by atoms with Gasteiger partial charge in [-0.2, -0.15) is 5.26 Å². The molecule has 0 saturated heterocycles. The number of rotatable bonds is 4. The topological polar surface area (TPSA) is 68.3 Å². The predicted octanol–water partition coefficient (Wildman–Crippen LogP) is 2.73. The van der Waals surface area contributed by atoms with Gasteiger partial charge in [-0.1, -0.05) is 12.1 Å². The van der Waals surface area contributed by atoms with Gasteiger partial charge < -0.3 is 15.2 Å². The zero-order valence-corrected chi connectivity index (χ0v) is 10.6. The first-order chi connectivity index (χ1) is 9.22. The first-order valence-electron chi connectivity index (χ1n) is 5.78. The third kappa shape index (κ3) is 3.17. The van der Waals surface area contributed by atoms with Crippen LogP contribution in [-0.4, -0.2) is 7.11 Å². The molecule has 0 amide bonds. The fourth-order valence-electron chi connectivity index (χ4n) is 1.70. The van der Waals surface area contributed by atoms with Crippen LogP contribution in [0.3, 0.4) is 0 Å². The molecular weight excluding hydrogens is 240 g/mol. The Kier molecular flexibility index (Phi) is 3.89. The smallest absolute Gasteiger partial charge is 0.162 e. The lowest BCUT2D eigenvalue weighted by Crippen LogP contribution is -1.98. The van der Waals surface area contributed by atoms with E-state index in [1.54, 1.807) is 25.3 Å². The molecule has 0 bridgehead atoms. The molecule has 2 N–H and O–H groups in total. The molecule has 0 spiro atoms. The van der Waals surface area contributed by atoms with E-state index in [9.17, 15) is 0 Å². The molecule has 0 fully saturated rings. The molecule has 0 saturated carbocycles. The highest BCUT2D eigenvalue weighted by Crippen LogP contribution is 2.28. The second-order valence-corrected chi connectivity index (χ2v) is 4.01. The van der Waals surface area contributed by atoms with Crippen LogP contribution in [0.2, 0.25) is 0 Å². The van der Waals surface area contributed by atoms with Crippen LogP contribution in [0.5, 0.6) is 11.5 Å². The van der Waals surface area contributed by atoms with Crippen LogP contribution < -0.4 is 15.2 Å². The summed E-state index contributed by atoms with van der Waals surface area (Å²) in [5.74, 6) is 1.15. The van der Waals surface area contributed by atoms with E-state index in [2.05, 4.69) is 6.07 Å². The summed E-state index contributed by atoms with van der Waals surface area (Å²) in [4.78, 5) is 0. The van der Waals surface area contributed by atoms with Crippen molar-refractivity contribution in [2.24, 2.45) is 0 Å². The molecule has 2 rings (SSSR count). The van der Waals surface area contributed by atoms with Crippen molar-refractivity contribution < 1.29 is 9.47 Å². The van der Waals surface area contributed by atoms with Gasteiger partial charge in [0.15, 0.2) is 11.5 Å². The highest BCUT2D eigenvalue weighted by molar-refractivity contribution is 5.47. The molecule has 0 aliphatic rings. The molecule has 0 aliphatic heterocycles. The van der Waals surface area contributed by atoms with E-state index in [1.165, 1.54) is 0 Å². The third-order valence-electron chi connectivity index (χ3n) is 2.64. The minimum Gasteiger partial charge on any atom is -0.493 e. The van der Waals surface area contributed by atoms with Crippen molar-refractivity contribution in [3.05, 3.63) is 53.6 Å². The van der Waals surface area contributed by atoms with Gasteiger partial charge in [0, 0.05) is 11.8 Å². The van der Waals surface area contributed by atoms with Gasteiger partial charge in [-0.15, -0.1) is 0 Å². The predicted molar refractivity (Wildman–Crippen MR) is 72.9 cm³/mol. The summed E-state index contributed by atoms with van der Waals surface area (Å²) in [6.07, 6.45) is 0. The molecule has 4 heteroatoms. The zero-order chi connectivity index (χ0) is 13.7. The number of nitrogen functional groups attached to an aromatic ring is 1. The highest BCUT2D eigenvalue weighted by Gasteiger charge is 2.06. The lowest BCUT2D eigenvalue weighted by atomic mass is 10.2. The quantitative estimate of drug-likeness (QED) is 0.852. The van der Waals surface area contributed by atoms with E-state index >= 15 is 0 Å². The van der Waals surface area contributed by atoms with Crippen LogP contribution in [-0.2, 0) is 6.61 Å². The van der Waals surface area contributed by atoms with Gasteiger partial charge in [-0.3, -0.25) is 0 Å². The number of nitriles is 1. The minimum absolute atomic E-state index is 0.396. The number of nitrogens with zero attached hydrogens (tertiary/aromatic N) is 1. The lowest BCUT2D eigenvalue weighted by Gasteiger charge is -2.11. The molecule has 4 nitrogen and oxygen atoms in total. The molecule has 96 valence electrons. The van der Waals surface area contributed by atoms with Crippen molar-refractivity contribution in [2.45, 2.75) is 6.61 Å². The molecule has 2 aromatic carbocycles. The van der Waals surface area contributed by atoms with Crippen LogP contribution in [0.4, 0.5) is 5.69 Å². The largest absolute Gasteiger partial charge is 0.493 e. The maximum absolute atomic E-state index is 8.83. The summed E-state index contributed by atoms with van der Waals surface area (Å²) in [6.45, 7) is 0.396. The van der Waals surface area contributed by atoms with E-state index in [0.717, 1.165) is 5.56 Å². The van der Waals surface area contributed by atoms with E-state index in [1.807, 2.05) is 24.3 Å². The Bertz CT molecular complexity index is 618. The van der Waals surface area contributed by atoms with Gasteiger partial charge in [0.25, 0.3) is 0 Å². The first-order valence-corrected chi connectivity index (χ1v) is 5.78. The summed E-state index contributed by atoms with van der Waals surface area (Å²) in [7, 11) is 1.55. The second-order valence-electron chi connectivity index (χ2n) is 4.01. The average Bonchev–Trinajstić information content (AvgIpc) is 2.45. The van der Waals surface area contributed by atoms with Gasteiger partial charge in [0.05, 0.1) is 18.7 Å². The number of nitrogens with two attached hydrogens (primary N) is 1. The van der Waals surface area contributed by atoms with Crippen LogP contribution in [0.1, 0.15) is 11.1 Å². The fourth-order valence-corrected chi connectivity index (χ4v) is 1.70. The Balaban J connectivity index is 2.13. The number of hydrogen-bond acceptors (Lipinski definition) is 4. The molecular formula is C15H14N2O2. The van der Waals surface area contributed by atoms with Crippen molar-refractivity contribution in [2.75, 3.05) is 12.8 Å². The van der Waals surface area contributed by atoms with Crippen molar-refractivity contribution in [3.63, 3.8) is 0 Å². The van der Waals surface area contributed by atoms with E-state index in [-0.39, 0.29) is 0 Å². The van der Waals surface area contributed by atoms with Crippen LogP contribution in [0, 0.1) is 11.3 Å². The van der Waals surface area contributed by atoms with Gasteiger partial charge in [-0.25, -0.2) is 0 Å². The second kappa shape index (κ2) is 5.78. The van der Waals surface area contributed by atoms with Crippen LogP contribution >= 0.6 is 0 Å². The molecule has 0 aromatic heterocycles. The molecule has 0 aliphatic carbocycles. The molecule has 0 atom stereocenters. The monoisotopic (exact) mass is 254 g/mol. The number of benzene rings is 2. The molecule has 2 aromatic rings. The first kappa shape index (κ1) is 12.8. The fraction of sp³-hybridized carbons (Fsp3) is 0.133. The Morgan fingerprint density at radius 1 is 1.16 bits per heavy atom. The molecule has 0 radical (unpaired) electrons. The van der Waals surface area contributed by atoms with Crippen molar-refractivity contribution in [1.82, 2.24) is 0 Å². The number of hydrogen-bond donors (Lipinski definition) is 1.